The third kappa shape index (κ3) is 7.56. The molecule has 0 aliphatic carbocycles. The van der Waals surface area contributed by atoms with Crippen molar-refractivity contribution < 1.29 is 23.7 Å². The van der Waals surface area contributed by atoms with Crippen LogP contribution in [0.4, 0.5) is 0 Å². The van der Waals surface area contributed by atoms with Gasteiger partial charge in [0.05, 0.1) is 33.0 Å². The van der Waals surface area contributed by atoms with Crippen LogP contribution in [0.3, 0.4) is 0 Å². The molecule has 0 spiro atoms. The molecule has 0 aliphatic rings. The van der Waals surface area contributed by atoms with Crippen LogP contribution in [0.25, 0.3) is 0 Å². The Labute approximate surface area is 113 Å². The van der Waals surface area contributed by atoms with Crippen LogP contribution < -0.4 is 4.74 Å². The van der Waals surface area contributed by atoms with E-state index in [1.807, 2.05) is 0 Å². The van der Waals surface area contributed by atoms with Crippen molar-refractivity contribution in [2.45, 2.75) is 0 Å². The molecule has 19 heavy (non-hydrogen) atoms. The van der Waals surface area contributed by atoms with Gasteiger partial charge in [0.2, 0.25) is 0 Å². The number of carbonyl (C=O) groups excluding carboxylic acids is 1. The van der Waals surface area contributed by atoms with E-state index in [2.05, 4.69) is 0 Å². The van der Waals surface area contributed by atoms with Crippen LogP contribution in [0, 0.1) is 0 Å². The Bertz CT molecular complexity index is 353. The molecule has 0 unspecified atom stereocenters. The van der Waals surface area contributed by atoms with Crippen LogP contribution in [0.2, 0.25) is 0 Å². The number of ether oxygens (including phenoxy) is 4. The van der Waals surface area contributed by atoms with Gasteiger partial charge < -0.3 is 18.9 Å². The molecule has 1 rings (SSSR count). The highest BCUT2D eigenvalue weighted by Gasteiger charge is 1.96. The molecule has 0 fully saturated rings. The lowest BCUT2D eigenvalue weighted by Gasteiger charge is -2.08. The van der Waals surface area contributed by atoms with Gasteiger partial charge in [0.25, 0.3) is 0 Å². The fraction of sp³-hybridized carbons (Fsp3) is 0.500. The molecule has 1 aromatic carbocycles. The first-order valence-corrected chi connectivity index (χ1v) is 6.19. The number of hydrogen-bond acceptors (Lipinski definition) is 5. The highest BCUT2D eigenvalue weighted by atomic mass is 16.6. The highest BCUT2D eigenvalue weighted by molar-refractivity contribution is 5.75. The van der Waals surface area contributed by atoms with E-state index in [4.69, 9.17) is 18.9 Å². The molecule has 0 aliphatic heterocycles. The smallest absolute Gasteiger partial charge is 0.150 e. The van der Waals surface area contributed by atoms with Crippen molar-refractivity contribution in [3.8, 4) is 5.75 Å². The summed E-state index contributed by atoms with van der Waals surface area (Å²) in [7, 11) is 1.64. The number of aldehydes is 1. The second kappa shape index (κ2) is 10.5. The first kappa shape index (κ1) is 15.6. The number of methoxy groups -OCH3 is 1. The van der Waals surface area contributed by atoms with Gasteiger partial charge in [-0.05, 0) is 12.1 Å². The SMILES string of the molecule is COCCOCCOCCOc1cccc(C=O)c1. The normalized spacial score (nSPS) is 10.4. The van der Waals surface area contributed by atoms with E-state index in [0.29, 0.717) is 51.0 Å². The minimum Gasteiger partial charge on any atom is -0.491 e. The van der Waals surface area contributed by atoms with Crippen LogP contribution in [0.5, 0.6) is 5.75 Å². The van der Waals surface area contributed by atoms with E-state index in [1.165, 1.54) is 0 Å². The molecule has 5 heteroatoms. The van der Waals surface area contributed by atoms with E-state index in [9.17, 15) is 4.79 Å². The number of hydrogen-bond donors (Lipinski definition) is 0. The van der Waals surface area contributed by atoms with Crippen LogP contribution in [0.1, 0.15) is 10.4 Å². The lowest BCUT2D eigenvalue weighted by atomic mass is 10.2. The second-order valence-corrected chi connectivity index (χ2v) is 3.76. The van der Waals surface area contributed by atoms with Crippen LogP contribution in [-0.2, 0) is 14.2 Å². The van der Waals surface area contributed by atoms with E-state index in [-0.39, 0.29) is 0 Å². The molecule has 0 atom stereocenters. The average molecular weight is 268 g/mol. The largest absolute Gasteiger partial charge is 0.491 e. The second-order valence-electron chi connectivity index (χ2n) is 3.76. The average Bonchev–Trinajstić information content (AvgIpc) is 2.46. The Hall–Kier alpha value is -1.43. The molecule has 0 heterocycles. The van der Waals surface area contributed by atoms with Gasteiger partial charge in [-0.25, -0.2) is 0 Å². The van der Waals surface area contributed by atoms with Gasteiger partial charge in [-0.3, -0.25) is 4.79 Å². The molecular formula is C14H20O5. The molecule has 106 valence electrons. The summed E-state index contributed by atoms with van der Waals surface area (Å²) < 4.78 is 20.9. The topological polar surface area (TPSA) is 54.0 Å². The van der Waals surface area contributed by atoms with Gasteiger partial charge in [0.1, 0.15) is 18.6 Å². The molecule has 0 saturated carbocycles. The summed E-state index contributed by atoms with van der Waals surface area (Å²) in [5.41, 5.74) is 0.602. The predicted molar refractivity (Wildman–Crippen MR) is 70.8 cm³/mol. The first-order chi connectivity index (χ1) is 9.36. The zero-order valence-corrected chi connectivity index (χ0v) is 11.2. The van der Waals surface area contributed by atoms with Crippen LogP contribution >= 0.6 is 0 Å². The van der Waals surface area contributed by atoms with Crippen molar-refractivity contribution in [3.63, 3.8) is 0 Å². The Morgan fingerprint density at radius 2 is 1.68 bits per heavy atom. The fourth-order valence-electron chi connectivity index (χ4n) is 1.36. The van der Waals surface area contributed by atoms with Crippen molar-refractivity contribution in [3.05, 3.63) is 29.8 Å². The summed E-state index contributed by atoms with van der Waals surface area (Å²) >= 11 is 0. The third-order valence-corrected chi connectivity index (χ3v) is 2.29. The summed E-state index contributed by atoms with van der Waals surface area (Å²) in [4.78, 5) is 10.6. The maximum atomic E-state index is 10.6. The minimum absolute atomic E-state index is 0.445. The van der Waals surface area contributed by atoms with E-state index in [0.717, 1.165) is 6.29 Å². The predicted octanol–water partition coefficient (Wildman–Crippen LogP) is 1.56. The van der Waals surface area contributed by atoms with E-state index >= 15 is 0 Å². The molecule has 0 N–H and O–H groups in total. The van der Waals surface area contributed by atoms with Crippen molar-refractivity contribution in [2.75, 3.05) is 46.8 Å². The summed E-state index contributed by atoms with van der Waals surface area (Å²) in [5, 5.41) is 0. The molecular weight excluding hydrogens is 248 g/mol. The summed E-state index contributed by atoms with van der Waals surface area (Å²) in [6.07, 6.45) is 0.792. The summed E-state index contributed by atoms with van der Waals surface area (Å²) in [5.74, 6) is 0.671. The molecule has 0 radical (unpaired) electrons. The Morgan fingerprint density at radius 1 is 1.00 bits per heavy atom. The number of carbonyl (C=O) groups is 1. The van der Waals surface area contributed by atoms with E-state index < -0.39 is 0 Å². The van der Waals surface area contributed by atoms with Gasteiger partial charge in [0.15, 0.2) is 0 Å². The quantitative estimate of drug-likeness (QED) is 0.450. The van der Waals surface area contributed by atoms with Crippen molar-refractivity contribution in [1.29, 1.82) is 0 Å². The third-order valence-electron chi connectivity index (χ3n) is 2.29. The zero-order chi connectivity index (χ0) is 13.8. The van der Waals surface area contributed by atoms with Gasteiger partial charge in [0, 0.05) is 12.7 Å². The molecule has 0 bridgehead atoms. The molecule has 1 aromatic rings. The van der Waals surface area contributed by atoms with Gasteiger partial charge in [-0.2, -0.15) is 0 Å². The maximum Gasteiger partial charge on any atom is 0.150 e. The molecule has 5 nitrogen and oxygen atoms in total. The Balaban J connectivity index is 1.99. The van der Waals surface area contributed by atoms with Gasteiger partial charge >= 0.3 is 0 Å². The zero-order valence-electron chi connectivity index (χ0n) is 11.2. The monoisotopic (exact) mass is 268 g/mol. The first-order valence-electron chi connectivity index (χ1n) is 6.19. The fourth-order valence-corrected chi connectivity index (χ4v) is 1.36. The molecule has 0 saturated heterocycles. The number of benzene rings is 1. The van der Waals surface area contributed by atoms with E-state index in [1.54, 1.807) is 31.4 Å². The van der Waals surface area contributed by atoms with Crippen LogP contribution in [0.15, 0.2) is 24.3 Å². The van der Waals surface area contributed by atoms with Crippen molar-refractivity contribution >= 4 is 6.29 Å². The number of rotatable bonds is 11. The molecule has 0 aromatic heterocycles. The maximum absolute atomic E-state index is 10.6. The Morgan fingerprint density at radius 3 is 2.37 bits per heavy atom. The van der Waals surface area contributed by atoms with Gasteiger partial charge in [-0.1, -0.05) is 12.1 Å². The standard InChI is InChI=1S/C14H20O5/c1-16-5-6-17-7-8-18-9-10-19-14-4-2-3-13(11-14)12-15/h2-4,11-12H,5-10H2,1H3. The molecule has 0 amide bonds. The highest BCUT2D eigenvalue weighted by Crippen LogP contribution is 2.11. The summed E-state index contributed by atoms with van der Waals surface area (Å²) in [6, 6.07) is 7.01. The van der Waals surface area contributed by atoms with Crippen LogP contribution in [-0.4, -0.2) is 53.0 Å². The lowest BCUT2D eigenvalue weighted by Crippen LogP contribution is -2.12. The lowest BCUT2D eigenvalue weighted by molar-refractivity contribution is 0.0179. The van der Waals surface area contributed by atoms with Crippen molar-refractivity contribution in [2.24, 2.45) is 0 Å². The van der Waals surface area contributed by atoms with Crippen molar-refractivity contribution in [1.82, 2.24) is 0 Å². The summed E-state index contributed by atoms with van der Waals surface area (Å²) in [6.45, 7) is 3.18. The Kier molecular flexibility index (Phi) is 8.63. The minimum atomic E-state index is 0.445. The van der Waals surface area contributed by atoms with Gasteiger partial charge in [-0.15, -0.1) is 0 Å².